The summed E-state index contributed by atoms with van der Waals surface area (Å²) in [6.45, 7) is 2.49. The minimum atomic E-state index is 0.607. The van der Waals surface area contributed by atoms with E-state index in [4.69, 9.17) is 30.8 Å². The van der Waals surface area contributed by atoms with Crippen LogP contribution >= 0.6 is 11.6 Å². The van der Waals surface area contributed by atoms with Crippen molar-refractivity contribution >= 4 is 11.6 Å². The molecule has 0 saturated heterocycles. The summed E-state index contributed by atoms with van der Waals surface area (Å²) < 4.78 is 16.4. The van der Waals surface area contributed by atoms with Crippen molar-refractivity contribution in [2.75, 3.05) is 27.9 Å². The van der Waals surface area contributed by atoms with Crippen molar-refractivity contribution in [2.24, 2.45) is 0 Å². The molecule has 0 saturated carbocycles. The van der Waals surface area contributed by atoms with Crippen molar-refractivity contribution < 1.29 is 14.2 Å². The van der Waals surface area contributed by atoms with Gasteiger partial charge in [0.25, 0.3) is 0 Å². The van der Waals surface area contributed by atoms with Crippen LogP contribution in [0.5, 0.6) is 17.2 Å². The Balaban J connectivity index is 1.52. The first-order valence-corrected chi connectivity index (χ1v) is 10.1. The smallest absolute Gasteiger partial charge is 0.203 e. The lowest BCUT2D eigenvalue weighted by Crippen LogP contribution is -2.31. The molecule has 0 aliphatic carbocycles. The van der Waals surface area contributed by atoms with Gasteiger partial charge in [0.05, 0.1) is 27.0 Å². The second-order valence-corrected chi connectivity index (χ2v) is 7.60. The second-order valence-electron chi connectivity index (χ2n) is 7.17. The minimum Gasteiger partial charge on any atom is -0.493 e. The van der Waals surface area contributed by atoms with Gasteiger partial charge in [0, 0.05) is 48.4 Å². The van der Waals surface area contributed by atoms with Crippen LogP contribution in [0.2, 0.25) is 5.02 Å². The van der Waals surface area contributed by atoms with Gasteiger partial charge in [-0.1, -0.05) is 11.6 Å². The number of benzene rings is 2. The van der Waals surface area contributed by atoms with E-state index < -0.39 is 0 Å². The molecule has 1 aromatic heterocycles. The fourth-order valence-corrected chi connectivity index (χ4v) is 3.86. The highest BCUT2D eigenvalue weighted by Crippen LogP contribution is 2.38. The van der Waals surface area contributed by atoms with Gasteiger partial charge in [0.15, 0.2) is 17.3 Å². The normalized spacial score (nSPS) is 13.6. The number of ether oxygens (including phenoxy) is 3. The largest absolute Gasteiger partial charge is 0.493 e. The fourth-order valence-electron chi connectivity index (χ4n) is 3.73. The number of halogens is 1. The molecule has 156 valence electrons. The van der Waals surface area contributed by atoms with E-state index in [-0.39, 0.29) is 0 Å². The molecule has 7 heteroatoms. The maximum Gasteiger partial charge on any atom is 0.203 e. The average molecular weight is 426 g/mol. The van der Waals surface area contributed by atoms with Gasteiger partial charge in [-0.2, -0.15) is 0 Å². The third kappa shape index (κ3) is 4.20. The molecule has 0 unspecified atom stereocenters. The fraction of sp³-hybridized carbons (Fsp3) is 0.304. The van der Waals surface area contributed by atoms with E-state index >= 15 is 0 Å². The highest BCUT2D eigenvalue weighted by molar-refractivity contribution is 6.30. The first-order chi connectivity index (χ1) is 14.6. The van der Waals surface area contributed by atoms with E-state index in [1.165, 1.54) is 0 Å². The Morgan fingerprint density at radius 2 is 1.70 bits per heavy atom. The third-order valence-electron chi connectivity index (χ3n) is 5.25. The molecule has 6 nitrogen and oxygen atoms in total. The van der Waals surface area contributed by atoms with Crippen LogP contribution in [0.3, 0.4) is 0 Å². The van der Waals surface area contributed by atoms with E-state index in [1.54, 1.807) is 21.3 Å². The molecule has 1 aliphatic heterocycles. The first kappa shape index (κ1) is 20.4. The summed E-state index contributed by atoms with van der Waals surface area (Å²) >= 11 is 5.98. The molecular weight excluding hydrogens is 402 g/mol. The van der Waals surface area contributed by atoms with Crippen molar-refractivity contribution in [2.45, 2.75) is 19.5 Å². The van der Waals surface area contributed by atoms with Crippen LogP contribution in [0.1, 0.15) is 16.8 Å². The van der Waals surface area contributed by atoms with E-state index in [1.807, 2.05) is 42.6 Å². The lowest BCUT2D eigenvalue weighted by atomic mass is 10.1. The molecule has 0 N–H and O–H groups in total. The van der Waals surface area contributed by atoms with Crippen LogP contribution in [0.25, 0.3) is 11.4 Å². The lowest BCUT2D eigenvalue weighted by Gasteiger charge is -2.28. The predicted octanol–water partition coefficient (Wildman–Crippen LogP) is 4.38. The van der Waals surface area contributed by atoms with Gasteiger partial charge in [-0.25, -0.2) is 9.97 Å². The highest BCUT2D eigenvalue weighted by atomic mass is 35.5. The molecule has 2 heterocycles. The molecule has 0 spiro atoms. The van der Waals surface area contributed by atoms with Gasteiger partial charge in [-0.05, 0) is 42.0 Å². The monoisotopic (exact) mass is 425 g/mol. The molecule has 0 radical (unpaired) electrons. The Labute approximate surface area is 181 Å². The maximum absolute atomic E-state index is 5.98. The summed E-state index contributed by atoms with van der Waals surface area (Å²) in [6, 6.07) is 11.6. The van der Waals surface area contributed by atoms with E-state index in [0.29, 0.717) is 22.3 Å². The molecule has 0 amide bonds. The van der Waals surface area contributed by atoms with Crippen LogP contribution in [-0.2, 0) is 19.5 Å². The number of methoxy groups -OCH3 is 3. The number of aromatic nitrogens is 2. The quantitative estimate of drug-likeness (QED) is 0.584. The lowest BCUT2D eigenvalue weighted by molar-refractivity contribution is 0.241. The van der Waals surface area contributed by atoms with Gasteiger partial charge in [0.1, 0.15) is 0 Å². The number of rotatable bonds is 6. The van der Waals surface area contributed by atoms with Gasteiger partial charge >= 0.3 is 0 Å². The van der Waals surface area contributed by atoms with Crippen LogP contribution < -0.4 is 14.2 Å². The molecule has 1 aliphatic rings. The Kier molecular flexibility index (Phi) is 6.06. The SMILES string of the molecule is COc1cc(CN2CCc3nc(-c4ccc(Cl)cc4)ncc3C2)cc(OC)c1OC. The number of fused-ring (bicyclic) bond motifs is 1. The van der Waals surface area contributed by atoms with Crippen molar-refractivity contribution in [1.29, 1.82) is 0 Å². The van der Waals surface area contributed by atoms with Crippen LogP contribution in [0.15, 0.2) is 42.6 Å². The molecule has 0 bridgehead atoms. The summed E-state index contributed by atoms with van der Waals surface area (Å²) in [6.07, 6.45) is 2.82. The summed E-state index contributed by atoms with van der Waals surface area (Å²) in [7, 11) is 4.88. The summed E-state index contributed by atoms with van der Waals surface area (Å²) in [5.74, 6) is 2.68. The Bertz CT molecular complexity index is 1020. The van der Waals surface area contributed by atoms with E-state index in [2.05, 4.69) is 9.88 Å². The number of nitrogens with zero attached hydrogens (tertiary/aromatic N) is 3. The standard InChI is InChI=1S/C23H24ClN3O3/c1-28-20-10-15(11-21(29-2)22(20)30-3)13-27-9-8-19-17(14-27)12-25-23(26-19)16-4-6-18(24)7-5-16/h4-7,10-12H,8-9,13-14H2,1-3H3. The third-order valence-corrected chi connectivity index (χ3v) is 5.50. The molecule has 0 fully saturated rings. The number of hydrogen-bond acceptors (Lipinski definition) is 6. The van der Waals surface area contributed by atoms with Gasteiger partial charge in [-0.3, -0.25) is 4.90 Å². The Hall–Kier alpha value is -2.83. The van der Waals surface area contributed by atoms with Gasteiger partial charge in [-0.15, -0.1) is 0 Å². The molecule has 4 rings (SSSR count). The average Bonchev–Trinajstić information content (AvgIpc) is 2.78. The number of hydrogen-bond donors (Lipinski definition) is 0. The molecule has 0 atom stereocenters. The zero-order chi connectivity index (χ0) is 21.1. The second kappa shape index (κ2) is 8.90. The zero-order valence-corrected chi connectivity index (χ0v) is 18.1. The summed E-state index contributed by atoms with van der Waals surface area (Å²) in [5.41, 5.74) is 4.34. The first-order valence-electron chi connectivity index (χ1n) is 9.73. The van der Waals surface area contributed by atoms with Crippen LogP contribution in [-0.4, -0.2) is 42.7 Å². The van der Waals surface area contributed by atoms with E-state index in [9.17, 15) is 0 Å². The molecular formula is C23H24ClN3O3. The maximum atomic E-state index is 5.98. The molecule has 2 aromatic carbocycles. The van der Waals surface area contributed by atoms with Crippen molar-refractivity contribution in [3.8, 4) is 28.6 Å². The van der Waals surface area contributed by atoms with Crippen LogP contribution in [0.4, 0.5) is 0 Å². The Morgan fingerprint density at radius 1 is 1.00 bits per heavy atom. The minimum absolute atomic E-state index is 0.607. The van der Waals surface area contributed by atoms with Crippen molar-refractivity contribution in [3.05, 3.63) is 64.4 Å². The van der Waals surface area contributed by atoms with E-state index in [0.717, 1.165) is 54.3 Å². The topological polar surface area (TPSA) is 56.7 Å². The van der Waals surface area contributed by atoms with Gasteiger partial charge in [0.2, 0.25) is 5.75 Å². The zero-order valence-electron chi connectivity index (χ0n) is 17.3. The summed E-state index contributed by atoms with van der Waals surface area (Å²) in [5, 5.41) is 0.708. The van der Waals surface area contributed by atoms with Crippen LogP contribution in [0, 0.1) is 0 Å². The van der Waals surface area contributed by atoms with Gasteiger partial charge < -0.3 is 14.2 Å². The van der Waals surface area contributed by atoms with Crippen molar-refractivity contribution in [1.82, 2.24) is 14.9 Å². The van der Waals surface area contributed by atoms with Crippen molar-refractivity contribution in [3.63, 3.8) is 0 Å². The molecule has 3 aromatic rings. The molecule has 30 heavy (non-hydrogen) atoms. The Morgan fingerprint density at radius 3 is 2.33 bits per heavy atom. The highest BCUT2D eigenvalue weighted by Gasteiger charge is 2.21. The summed E-state index contributed by atoms with van der Waals surface area (Å²) in [4.78, 5) is 11.7. The predicted molar refractivity (Wildman–Crippen MR) is 116 cm³/mol.